The Morgan fingerprint density at radius 1 is 1.44 bits per heavy atom. The summed E-state index contributed by atoms with van der Waals surface area (Å²) >= 11 is 0. The molecule has 0 spiro atoms. The summed E-state index contributed by atoms with van der Waals surface area (Å²) in [6.07, 6.45) is -2.96. The smallest absolute Gasteiger partial charge is 0.383 e. The van der Waals surface area contributed by atoms with Crippen LogP contribution in [0.15, 0.2) is 16.8 Å². The third kappa shape index (κ3) is 4.59. The van der Waals surface area contributed by atoms with Gasteiger partial charge >= 0.3 is 6.18 Å². The van der Waals surface area contributed by atoms with Crippen LogP contribution in [0.5, 0.6) is 0 Å². The standard InChI is InChI=1S/C15H19F3N4O3/c1-4-22-10(2)11(8-19-22)13-7-12(20-25-13)14(23)21(5-6-24-3)9-15(16,17)18/h7-8H,4-6,9H2,1-3H3. The van der Waals surface area contributed by atoms with Crippen LogP contribution in [0.25, 0.3) is 11.3 Å². The summed E-state index contributed by atoms with van der Waals surface area (Å²) in [5, 5.41) is 7.77. The molecule has 138 valence electrons. The Morgan fingerprint density at radius 2 is 2.16 bits per heavy atom. The second-order valence-corrected chi connectivity index (χ2v) is 5.37. The maximum atomic E-state index is 12.7. The normalized spacial score (nSPS) is 11.8. The lowest BCUT2D eigenvalue weighted by atomic mass is 10.2. The zero-order valence-electron chi connectivity index (χ0n) is 14.1. The molecule has 2 rings (SSSR count). The summed E-state index contributed by atoms with van der Waals surface area (Å²) in [6.45, 7) is 2.79. The van der Waals surface area contributed by atoms with Crippen molar-refractivity contribution in [2.24, 2.45) is 0 Å². The first-order valence-corrected chi connectivity index (χ1v) is 7.61. The van der Waals surface area contributed by atoms with Crippen molar-refractivity contribution in [2.45, 2.75) is 26.6 Å². The average molecular weight is 360 g/mol. The number of aromatic nitrogens is 3. The van der Waals surface area contributed by atoms with Gasteiger partial charge in [-0.3, -0.25) is 9.48 Å². The molecule has 0 saturated carbocycles. The Balaban J connectivity index is 2.23. The molecule has 0 atom stereocenters. The molecular weight excluding hydrogens is 341 g/mol. The lowest BCUT2D eigenvalue weighted by Gasteiger charge is -2.22. The minimum Gasteiger partial charge on any atom is -0.383 e. The number of alkyl halides is 3. The van der Waals surface area contributed by atoms with E-state index in [0.29, 0.717) is 17.0 Å². The fourth-order valence-corrected chi connectivity index (χ4v) is 2.34. The van der Waals surface area contributed by atoms with Crippen molar-refractivity contribution in [3.8, 4) is 11.3 Å². The van der Waals surface area contributed by atoms with Crippen molar-refractivity contribution < 1.29 is 27.2 Å². The molecule has 0 aliphatic carbocycles. The zero-order valence-corrected chi connectivity index (χ0v) is 14.1. The maximum Gasteiger partial charge on any atom is 0.406 e. The summed E-state index contributed by atoms with van der Waals surface area (Å²) in [4.78, 5) is 13.0. The van der Waals surface area contributed by atoms with E-state index in [1.807, 2.05) is 13.8 Å². The van der Waals surface area contributed by atoms with Crippen molar-refractivity contribution in [3.63, 3.8) is 0 Å². The molecule has 0 saturated heterocycles. The lowest BCUT2D eigenvalue weighted by molar-refractivity contribution is -0.141. The van der Waals surface area contributed by atoms with Gasteiger partial charge in [-0.15, -0.1) is 0 Å². The molecule has 0 fully saturated rings. The van der Waals surface area contributed by atoms with E-state index in [4.69, 9.17) is 9.26 Å². The zero-order chi connectivity index (χ0) is 18.6. The number of aryl methyl sites for hydroxylation is 1. The first kappa shape index (κ1) is 19.0. The summed E-state index contributed by atoms with van der Waals surface area (Å²) in [7, 11) is 1.35. The van der Waals surface area contributed by atoms with Gasteiger partial charge in [0.05, 0.1) is 18.4 Å². The van der Waals surface area contributed by atoms with E-state index in [1.165, 1.54) is 13.2 Å². The number of hydrogen-bond acceptors (Lipinski definition) is 5. The number of rotatable bonds is 7. The highest BCUT2D eigenvalue weighted by Gasteiger charge is 2.34. The predicted octanol–water partition coefficient (Wildman–Crippen LogP) is 2.52. The molecule has 0 N–H and O–H groups in total. The molecule has 2 aromatic rings. The van der Waals surface area contributed by atoms with Crippen molar-refractivity contribution in [3.05, 3.63) is 23.7 Å². The molecule has 0 aliphatic rings. The SMILES string of the molecule is CCn1ncc(-c2cc(C(=O)N(CCOC)CC(F)(F)F)no2)c1C. The molecule has 0 bridgehead atoms. The van der Waals surface area contributed by atoms with Crippen LogP contribution in [0.4, 0.5) is 13.2 Å². The molecule has 0 aliphatic heterocycles. The lowest BCUT2D eigenvalue weighted by Crippen LogP contribution is -2.41. The maximum absolute atomic E-state index is 12.7. The Morgan fingerprint density at radius 3 is 2.72 bits per heavy atom. The largest absolute Gasteiger partial charge is 0.406 e. The molecule has 0 radical (unpaired) electrons. The van der Waals surface area contributed by atoms with Crippen LogP contribution in [0.3, 0.4) is 0 Å². The fourth-order valence-electron chi connectivity index (χ4n) is 2.34. The van der Waals surface area contributed by atoms with Crippen LogP contribution in [-0.4, -0.2) is 58.7 Å². The number of carbonyl (C=O) groups excluding carboxylic acids is 1. The number of halogens is 3. The van der Waals surface area contributed by atoms with Crippen molar-refractivity contribution in [2.75, 3.05) is 26.8 Å². The van der Waals surface area contributed by atoms with Gasteiger partial charge in [-0.25, -0.2) is 0 Å². The van der Waals surface area contributed by atoms with E-state index in [1.54, 1.807) is 10.9 Å². The summed E-state index contributed by atoms with van der Waals surface area (Å²) in [6, 6.07) is 1.32. The monoisotopic (exact) mass is 360 g/mol. The van der Waals surface area contributed by atoms with Gasteiger partial charge in [-0.2, -0.15) is 18.3 Å². The van der Waals surface area contributed by atoms with Gasteiger partial charge in [0.15, 0.2) is 11.5 Å². The predicted molar refractivity (Wildman–Crippen MR) is 82.0 cm³/mol. The topological polar surface area (TPSA) is 73.4 Å². The summed E-state index contributed by atoms with van der Waals surface area (Å²) in [5.41, 5.74) is 1.25. The average Bonchev–Trinajstić information content (AvgIpc) is 3.16. The third-order valence-corrected chi connectivity index (χ3v) is 3.62. The van der Waals surface area contributed by atoms with Crippen LogP contribution in [0, 0.1) is 6.92 Å². The number of nitrogens with zero attached hydrogens (tertiary/aromatic N) is 4. The molecule has 2 aromatic heterocycles. The van der Waals surface area contributed by atoms with Gasteiger partial charge in [0, 0.05) is 32.0 Å². The molecule has 1 amide bonds. The van der Waals surface area contributed by atoms with Crippen molar-refractivity contribution in [1.82, 2.24) is 19.8 Å². The van der Waals surface area contributed by atoms with Crippen LogP contribution >= 0.6 is 0 Å². The highest BCUT2D eigenvalue weighted by atomic mass is 19.4. The van der Waals surface area contributed by atoms with Crippen molar-refractivity contribution >= 4 is 5.91 Å². The quantitative estimate of drug-likeness (QED) is 0.759. The van der Waals surface area contributed by atoms with Gasteiger partial charge < -0.3 is 14.2 Å². The number of amides is 1. The fraction of sp³-hybridized carbons (Fsp3) is 0.533. The number of ether oxygens (including phenoxy) is 1. The van der Waals surface area contributed by atoms with Crippen LogP contribution in [-0.2, 0) is 11.3 Å². The van der Waals surface area contributed by atoms with Gasteiger partial charge in [-0.05, 0) is 13.8 Å². The number of methoxy groups -OCH3 is 1. The van der Waals surface area contributed by atoms with Gasteiger partial charge in [0.1, 0.15) is 6.54 Å². The van der Waals surface area contributed by atoms with Crippen LogP contribution in [0.2, 0.25) is 0 Å². The van der Waals surface area contributed by atoms with E-state index >= 15 is 0 Å². The highest BCUT2D eigenvalue weighted by molar-refractivity contribution is 5.93. The molecule has 0 unspecified atom stereocenters. The minimum absolute atomic E-state index is 0.0189. The minimum atomic E-state index is -4.52. The van der Waals surface area contributed by atoms with Crippen LogP contribution < -0.4 is 0 Å². The molecule has 25 heavy (non-hydrogen) atoms. The molecular formula is C15H19F3N4O3. The van der Waals surface area contributed by atoms with Crippen molar-refractivity contribution in [1.29, 1.82) is 0 Å². The Labute approximate surface area is 142 Å². The first-order valence-electron chi connectivity index (χ1n) is 7.61. The van der Waals surface area contributed by atoms with Gasteiger partial charge in [-0.1, -0.05) is 5.16 Å². The summed E-state index contributed by atoms with van der Waals surface area (Å²) in [5.74, 6) is -0.593. The third-order valence-electron chi connectivity index (χ3n) is 3.62. The van der Waals surface area contributed by atoms with E-state index in [0.717, 1.165) is 5.69 Å². The Kier molecular flexibility index (Phi) is 5.83. The second-order valence-electron chi connectivity index (χ2n) is 5.37. The van der Waals surface area contributed by atoms with E-state index < -0.39 is 18.6 Å². The van der Waals surface area contributed by atoms with Gasteiger partial charge in [0.2, 0.25) is 0 Å². The van der Waals surface area contributed by atoms with Crippen LogP contribution in [0.1, 0.15) is 23.1 Å². The molecule has 2 heterocycles. The Bertz CT molecular complexity index is 724. The second kappa shape index (κ2) is 7.68. The van der Waals surface area contributed by atoms with E-state index in [2.05, 4.69) is 10.3 Å². The Hall–Kier alpha value is -2.36. The molecule has 7 nitrogen and oxygen atoms in total. The first-order chi connectivity index (χ1) is 11.8. The van der Waals surface area contributed by atoms with E-state index in [9.17, 15) is 18.0 Å². The molecule has 0 aromatic carbocycles. The number of carbonyl (C=O) groups is 1. The highest BCUT2D eigenvalue weighted by Crippen LogP contribution is 2.25. The van der Waals surface area contributed by atoms with E-state index in [-0.39, 0.29) is 24.6 Å². The number of hydrogen-bond donors (Lipinski definition) is 0. The summed E-state index contributed by atoms with van der Waals surface area (Å²) < 4.78 is 49.7. The molecule has 10 heteroatoms. The van der Waals surface area contributed by atoms with Gasteiger partial charge in [0.25, 0.3) is 5.91 Å².